The lowest BCUT2D eigenvalue weighted by molar-refractivity contribution is -0.384. The van der Waals surface area contributed by atoms with Gasteiger partial charge in [-0.25, -0.2) is 4.39 Å². The number of rotatable bonds is 3. The van der Waals surface area contributed by atoms with E-state index in [0.29, 0.717) is 0 Å². The lowest BCUT2D eigenvalue weighted by Gasteiger charge is -2.13. The van der Waals surface area contributed by atoms with Gasteiger partial charge in [-0.15, -0.1) is 0 Å². The van der Waals surface area contributed by atoms with Crippen LogP contribution in [0.25, 0.3) is 0 Å². The quantitative estimate of drug-likeness (QED) is 0.618. The van der Waals surface area contributed by atoms with E-state index in [1.54, 1.807) is 0 Å². The highest BCUT2D eigenvalue weighted by atomic mass is 19.1. The third-order valence-corrected chi connectivity index (χ3v) is 2.87. The molecule has 0 aliphatic carbocycles. The van der Waals surface area contributed by atoms with Crippen LogP contribution >= 0.6 is 0 Å². The standard InChI is InChI=1S/C11H12FN3O4/c12-6-1-2-10(15(17)18)9(3-6)14-11(16)7-4-19-5-8(7)13/h1-3,7-8H,4-5,13H2,(H,14,16). The molecule has 0 saturated carbocycles. The maximum atomic E-state index is 13.1. The van der Waals surface area contributed by atoms with Gasteiger partial charge in [-0.3, -0.25) is 14.9 Å². The third-order valence-electron chi connectivity index (χ3n) is 2.87. The molecule has 1 aromatic carbocycles. The van der Waals surface area contributed by atoms with E-state index >= 15 is 0 Å². The highest BCUT2D eigenvalue weighted by Gasteiger charge is 2.32. The van der Waals surface area contributed by atoms with Crippen LogP contribution in [-0.4, -0.2) is 30.1 Å². The van der Waals surface area contributed by atoms with Gasteiger partial charge in [0.05, 0.1) is 24.1 Å². The molecule has 1 aliphatic rings. The number of nitrogens with one attached hydrogen (secondary N) is 1. The molecule has 1 amide bonds. The first kappa shape index (κ1) is 13.4. The van der Waals surface area contributed by atoms with Crippen molar-refractivity contribution in [1.82, 2.24) is 0 Å². The minimum atomic E-state index is -0.694. The molecule has 1 heterocycles. The molecule has 8 heteroatoms. The van der Waals surface area contributed by atoms with Gasteiger partial charge in [0.1, 0.15) is 11.5 Å². The van der Waals surface area contributed by atoms with Gasteiger partial charge in [-0.05, 0) is 6.07 Å². The van der Waals surface area contributed by atoms with Gasteiger partial charge in [0.2, 0.25) is 5.91 Å². The van der Waals surface area contributed by atoms with Crippen LogP contribution in [0.5, 0.6) is 0 Å². The van der Waals surface area contributed by atoms with E-state index in [1.807, 2.05) is 0 Å². The number of halogens is 1. The molecule has 2 atom stereocenters. The zero-order chi connectivity index (χ0) is 14.0. The van der Waals surface area contributed by atoms with Gasteiger partial charge in [-0.1, -0.05) is 0 Å². The number of nitrogens with zero attached hydrogens (tertiary/aromatic N) is 1. The first-order valence-electron chi connectivity index (χ1n) is 5.57. The maximum absolute atomic E-state index is 13.1. The Hall–Kier alpha value is -2.06. The van der Waals surface area contributed by atoms with Crippen LogP contribution < -0.4 is 11.1 Å². The number of nitrogens with two attached hydrogens (primary N) is 1. The van der Waals surface area contributed by atoms with Crippen LogP contribution in [0.15, 0.2) is 18.2 Å². The van der Waals surface area contributed by atoms with E-state index in [-0.39, 0.29) is 24.6 Å². The molecule has 2 rings (SSSR count). The van der Waals surface area contributed by atoms with Crippen LogP contribution in [0.1, 0.15) is 0 Å². The second kappa shape index (κ2) is 5.29. The highest BCUT2D eigenvalue weighted by Crippen LogP contribution is 2.26. The smallest absolute Gasteiger partial charge is 0.292 e. The van der Waals surface area contributed by atoms with Crippen LogP contribution in [0.3, 0.4) is 0 Å². The van der Waals surface area contributed by atoms with E-state index in [4.69, 9.17) is 10.5 Å². The number of carbonyl (C=O) groups is 1. The third kappa shape index (κ3) is 2.85. The van der Waals surface area contributed by atoms with E-state index < -0.39 is 28.6 Å². The minimum absolute atomic E-state index is 0.149. The molecule has 19 heavy (non-hydrogen) atoms. The molecule has 1 aliphatic heterocycles. The number of carbonyl (C=O) groups excluding carboxylic acids is 1. The number of anilines is 1. The summed E-state index contributed by atoms with van der Waals surface area (Å²) in [4.78, 5) is 22.0. The SMILES string of the molecule is NC1COCC1C(=O)Nc1cc(F)ccc1[N+](=O)[O-]. The van der Waals surface area contributed by atoms with E-state index in [2.05, 4.69) is 5.32 Å². The maximum Gasteiger partial charge on any atom is 0.292 e. The summed E-state index contributed by atoms with van der Waals surface area (Å²) in [5.74, 6) is -1.78. The summed E-state index contributed by atoms with van der Waals surface area (Å²) in [5.41, 5.74) is 5.11. The lowest BCUT2D eigenvalue weighted by atomic mass is 10.0. The Labute approximate surface area is 107 Å². The monoisotopic (exact) mass is 269 g/mol. The van der Waals surface area contributed by atoms with Crippen molar-refractivity contribution in [2.24, 2.45) is 11.7 Å². The van der Waals surface area contributed by atoms with Gasteiger partial charge in [0.15, 0.2) is 0 Å². The van der Waals surface area contributed by atoms with Crippen molar-refractivity contribution in [2.75, 3.05) is 18.5 Å². The number of nitro groups is 1. The van der Waals surface area contributed by atoms with E-state index in [1.165, 1.54) is 0 Å². The van der Waals surface area contributed by atoms with E-state index in [0.717, 1.165) is 18.2 Å². The molecule has 0 bridgehead atoms. The Morgan fingerprint density at radius 2 is 2.26 bits per heavy atom. The Balaban J connectivity index is 2.20. The Kier molecular flexibility index (Phi) is 3.72. The number of ether oxygens (including phenoxy) is 1. The highest BCUT2D eigenvalue weighted by molar-refractivity contribution is 5.95. The summed E-state index contributed by atoms with van der Waals surface area (Å²) in [7, 11) is 0. The molecule has 1 saturated heterocycles. The summed E-state index contributed by atoms with van der Waals surface area (Å²) in [5, 5.41) is 13.1. The summed E-state index contributed by atoms with van der Waals surface area (Å²) < 4.78 is 18.1. The lowest BCUT2D eigenvalue weighted by Crippen LogP contribution is -2.37. The number of benzene rings is 1. The van der Waals surface area contributed by atoms with Gasteiger partial charge in [0, 0.05) is 18.2 Å². The van der Waals surface area contributed by atoms with Crippen molar-refractivity contribution >= 4 is 17.3 Å². The first-order chi connectivity index (χ1) is 8.99. The van der Waals surface area contributed by atoms with Crippen molar-refractivity contribution < 1.29 is 18.8 Å². The van der Waals surface area contributed by atoms with Crippen LogP contribution in [0.4, 0.5) is 15.8 Å². The molecular formula is C11H12FN3O4. The average molecular weight is 269 g/mol. The number of hydrogen-bond acceptors (Lipinski definition) is 5. The van der Waals surface area contributed by atoms with Gasteiger partial charge >= 0.3 is 0 Å². The molecule has 2 unspecified atom stereocenters. The van der Waals surface area contributed by atoms with Crippen molar-refractivity contribution in [3.05, 3.63) is 34.1 Å². The van der Waals surface area contributed by atoms with Gasteiger partial charge in [-0.2, -0.15) is 0 Å². The number of nitro benzene ring substituents is 1. The molecule has 0 spiro atoms. The molecule has 1 fully saturated rings. The van der Waals surface area contributed by atoms with Crippen molar-refractivity contribution in [1.29, 1.82) is 0 Å². The summed E-state index contributed by atoms with van der Waals surface area (Å²) >= 11 is 0. The molecule has 102 valence electrons. The van der Waals surface area contributed by atoms with E-state index in [9.17, 15) is 19.3 Å². The largest absolute Gasteiger partial charge is 0.379 e. The van der Waals surface area contributed by atoms with Crippen LogP contribution in [0.2, 0.25) is 0 Å². The number of amides is 1. The second-order valence-corrected chi connectivity index (χ2v) is 4.22. The average Bonchev–Trinajstić information content (AvgIpc) is 2.75. The first-order valence-corrected chi connectivity index (χ1v) is 5.57. The molecule has 7 nitrogen and oxygen atoms in total. The molecular weight excluding hydrogens is 257 g/mol. The topological polar surface area (TPSA) is 107 Å². The fourth-order valence-corrected chi connectivity index (χ4v) is 1.83. The summed E-state index contributed by atoms with van der Waals surface area (Å²) in [6, 6.07) is 2.39. The molecule has 0 aromatic heterocycles. The second-order valence-electron chi connectivity index (χ2n) is 4.22. The summed E-state index contributed by atoms with van der Waals surface area (Å²) in [6.07, 6.45) is 0. The van der Waals surface area contributed by atoms with Crippen molar-refractivity contribution in [3.8, 4) is 0 Å². The van der Waals surface area contributed by atoms with Crippen molar-refractivity contribution in [3.63, 3.8) is 0 Å². The Morgan fingerprint density at radius 3 is 2.84 bits per heavy atom. The fourth-order valence-electron chi connectivity index (χ4n) is 1.83. The van der Waals surface area contributed by atoms with Crippen LogP contribution in [0, 0.1) is 21.8 Å². The predicted octanol–water partition coefficient (Wildman–Crippen LogP) is 0.646. The zero-order valence-electron chi connectivity index (χ0n) is 9.84. The molecule has 3 N–H and O–H groups in total. The fraction of sp³-hybridized carbons (Fsp3) is 0.364. The number of hydrogen-bond donors (Lipinski definition) is 2. The van der Waals surface area contributed by atoms with Gasteiger partial charge in [0.25, 0.3) is 5.69 Å². The zero-order valence-corrected chi connectivity index (χ0v) is 9.84. The van der Waals surface area contributed by atoms with Crippen molar-refractivity contribution in [2.45, 2.75) is 6.04 Å². The minimum Gasteiger partial charge on any atom is -0.379 e. The summed E-state index contributed by atoms with van der Waals surface area (Å²) in [6.45, 7) is 0.402. The molecule has 0 radical (unpaired) electrons. The predicted molar refractivity (Wildman–Crippen MR) is 64.0 cm³/mol. The van der Waals surface area contributed by atoms with Gasteiger partial charge < -0.3 is 15.8 Å². The Morgan fingerprint density at radius 1 is 1.53 bits per heavy atom. The normalized spacial score (nSPS) is 22.2. The van der Waals surface area contributed by atoms with Crippen LogP contribution in [-0.2, 0) is 9.53 Å². The molecule has 1 aromatic rings. The Bertz CT molecular complexity index is 523.